The molecule has 1 aromatic carbocycles. The van der Waals surface area contributed by atoms with Crippen LogP contribution in [0.15, 0.2) is 36.5 Å². The molecule has 164 valence electrons. The van der Waals surface area contributed by atoms with Crippen LogP contribution in [0.2, 0.25) is 5.02 Å². The lowest BCUT2D eigenvalue weighted by atomic mass is 9.98. The van der Waals surface area contributed by atoms with E-state index in [0.29, 0.717) is 31.1 Å². The van der Waals surface area contributed by atoms with Crippen molar-refractivity contribution >= 4 is 23.2 Å². The molecule has 2 N–H and O–H groups in total. The van der Waals surface area contributed by atoms with Gasteiger partial charge in [-0.2, -0.15) is 0 Å². The van der Waals surface area contributed by atoms with Crippen LogP contribution in [-0.2, 0) is 16.0 Å². The number of ether oxygens (including phenoxy) is 1. The van der Waals surface area contributed by atoms with E-state index in [1.54, 1.807) is 14.0 Å². The number of aromatic nitrogens is 2. The Labute approximate surface area is 186 Å². The summed E-state index contributed by atoms with van der Waals surface area (Å²) >= 11 is 6.22. The molecule has 8 heteroatoms. The predicted octanol–water partition coefficient (Wildman–Crippen LogP) is 2.96. The Morgan fingerprint density at radius 3 is 2.90 bits per heavy atom. The van der Waals surface area contributed by atoms with Gasteiger partial charge in [0.25, 0.3) is 0 Å². The number of rotatable bonds is 5. The molecule has 0 spiro atoms. The lowest BCUT2D eigenvalue weighted by Gasteiger charge is -2.32. The molecule has 0 saturated carbocycles. The highest BCUT2D eigenvalue weighted by Gasteiger charge is 2.26. The first-order chi connectivity index (χ1) is 14.9. The number of carbonyl (C=O) groups is 1. The van der Waals surface area contributed by atoms with E-state index in [-0.39, 0.29) is 12.0 Å². The van der Waals surface area contributed by atoms with Crippen LogP contribution in [-0.4, -0.2) is 58.1 Å². The van der Waals surface area contributed by atoms with Crippen molar-refractivity contribution in [1.29, 1.82) is 0 Å². The van der Waals surface area contributed by atoms with Gasteiger partial charge in [-0.3, -0.25) is 10.1 Å². The number of aryl methyl sites for hydroxylation is 1. The molecule has 0 radical (unpaired) electrons. The van der Waals surface area contributed by atoms with Crippen molar-refractivity contribution in [3.63, 3.8) is 0 Å². The Hall–Kier alpha value is -2.45. The van der Waals surface area contributed by atoms with E-state index in [2.05, 4.69) is 5.32 Å². The standard InChI is InChI=1S/C23H27ClN4O3/c1-14-10-16(23(30)25-3)4-5-19(14)22-20(28-7-6-17(24)11-21(28)26-22)12-18-13-27(15(2)29)8-9-31-18/h4-7,10-11,18,23,25,30H,8-9,12-13H2,1-3H3/t18-,23?/m0/s1. The molecular weight excluding hydrogens is 416 g/mol. The summed E-state index contributed by atoms with van der Waals surface area (Å²) in [5.41, 5.74) is 5.42. The van der Waals surface area contributed by atoms with Gasteiger partial charge in [-0.15, -0.1) is 0 Å². The van der Waals surface area contributed by atoms with Gasteiger partial charge >= 0.3 is 0 Å². The molecule has 31 heavy (non-hydrogen) atoms. The number of hydrogen-bond donors (Lipinski definition) is 2. The maximum absolute atomic E-state index is 11.9. The number of aliphatic hydroxyl groups excluding tert-OH is 1. The smallest absolute Gasteiger partial charge is 0.219 e. The average Bonchev–Trinajstić information content (AvgIpc) is 3.10. The zero-order valence-electron chi connectivity index (χ0n) is 17.9. The molecule has 7 nitrogen and oxygen atoms in total. The number of morpholine rings is 1. The number of aliphatic hydroxyl groups is 1. The van der Waals surface area contributed by atoms with Gasteiger partial charge in [0, 0.05) is 49.3 Å². The Balaban J connectivity index is 1.76. The van der Waals surface area contributed by atoms with Gasteiger partial charge in [-0.1, -0.05) is 29.8 Å². The van der Waals surface area contributed by atoms with Crippen molar-refractivity contribution in [2.45, 2.75) is 32.6 Å². The number of fused-ring (bicyclic) bond motifs is 1. The Morgan fingerprint density at radius 1 is 1.39 bits per heavy atom. The first-order valence-electron chi connectivity index (χ1n) is 10.4. The maximum atomic E-state index is 11.9. The summed E-state index contributed by atoms with van der Waals surface area (Å²) in [6.07, 6.45) is 1.70. The van der Waals surface area contributed by atoms with E-state index in [9.17, 15) is 9.90 Å². The molecule has 1 unspecified atom stereocenters. The number of carbonyl (C=O) groups excluding carboxylic acids is 1. The van der Waals surface area contributed by atoms with E-state index >= 15 is 0 Å². The second kappa shape index (κ2) is 8.96. The van der Waals surface area contributed by atoms with Crippen molar-refractivity contribution in [3.05, 3.63) is 58.4 Å². The number of hydrogen-bond acceptors (Lipinski definition) is 5. The number of pyridine rings is 1. The van der Waals surface area contributed by atoms with Gasteiger partial charge < -0.3 is 19.1 Å². The third-order valence-electron chi connectivity index (χ3n) is 5.79. The number of halogens is 1. The lowest BCUT2D eigenvalue weighted by Crippen LogP contribution is -2.45. The molecule has 2 aromatic heterocycles. The number of amides is 1. The van der Waals surface area contributed by atoms with E-state index < -0.39 is 6.23 Å². The summed E-state index contributed by atoms with van der Waals surface area (Å²) in [6.45, 7) is 5.31. The summed E-state index contributed by atoms with van der Waals surface area (Å²) in [4.78, 5) is 18.6. The highest BCUT2D eigenvalue weighted by Crippen LogP contribution is 2.31. The molecule has 1 aliphatic rings. The minimum Gasteiger partial charge on any atom is -0.374 e. The fourth-order valence-corrected chi connectivity index (χ4v) is 4.27. The summed E-state index contributed by atoms with van der Waals surface area (Å²) in [6, 6.07) is 9.53. The molecule has 3 aromatic rings. The van der Waals surface area contributed by atoms with Crippen LogP contribution in [0.4, 0.5) is 0 Å². The normalized spacial score (nSPS) is 17.8. The second-order valence-corrected chi connectivity index (χ2v) is 8.34. The van der Waals surface area contributed by atoms with Crippen LogP contribution in [0.25, 0.3) is 16.9 Å². The Bertz CT molecular complexity index is 1110. The van der Waals surface area contributed by atoms with Crippen molar-refractivity contribution < 1.29 is 14.6 Å². The fourth-order valence-electron chi connectivity index (χ4n) is 4.12. The zero-order valence-corrected chi connectivity index (χ0v) is 18.7. The van der Waals surface area contributed by atoms with Gasteiger partial charge in [0.05, 0.1) is 24.1 Å². The van der Waals surface area contributed by atoms with Crippen LogP contribution in [0.1, 0.15) is 30.0 Å². The van der Waals surface area contributed by atoms with E-state index in [1.165, 1.54) is 0 Å². The molecule has 4 rings (SSSR count). The van der Waals surface area contributed by atoms with Gasteiger partial charge in [0.1, 0.15) is 11.9 Å². The number of nitrogens with one attached hydrogen (secondary N) is 1. The van der Waals surface area contributed by atoms with Gasteiger partial charge in [-0.25, -0.2) is 4.98 Å². The van der Waals surface area contributed by atoms with E-state index in [4.69, 9.17) is 21.3 Å². The van der Waals surface area contributed by atoms with Gasteiger partial charge in [0.2, 0.25) is 5.91 Å². The maximum Gasteiger partial charge on any atom is 0.219 e. The van der Waals surface area contributed by atoms with Crippen molar-refractivity contribution in [1.82, 2.24) is 19.6 Å². The predicted molar refractivity (Wildman–Crippen MR) is 120 cm³/mol. The van der Waals surface area contributed by atoms with Gasteiger partial charge in [-0.05, 0) is 31.2 Å². The van der Waals surface area contributed by atoms with Crippen LogP contribution in [0, 0.1) is 6.92 Å². The van der Waals surface area contributed by atoms with Gasteiger partial charge in [0.15, 0.2) is 0 Å². The molecule has 2 atom stereocenters. The number of imidazole rings is 1. The minimum atomic E-state index is -0.722. The molecule has 1 fully saturated rings. The quantitative estimate of drug-likeness (QED) is 0.594. The molecule has 0 aliphatic carbocycles. The second-order valence-electron chi connectivity index (χ2n) is 7.91. The third kappa shape index (κ3) is 4.45. The topological polar surface area (TPSA) is 79.1 Å². The summed E-state index contributed by atoms with van der Waals surface area (Å²) in [5.74, 6) is 0.0629. The molecular formula is C23H27ClN4O3. The lowest BCUT2D eigenvalue weighted by molar-refractivity contribution is -0.136. The molecule has 1 amide bonds. The van der Waals surface area contributed by atoms with Crippen molar-refractivity contribution in [3.8, 4) is 11.3 Å². The average molecular weight is 443 g/mol. The highest BCUT2D eigenvalue weighted by atomic mass is 35.5. The van der Waals surface area contributed by atoms with Crippen molar-refractivity contribution in [2.24, 2.45) is 0 Å². The minimum absolute atomic E-state index is 0.0629. The molecule has 1 saturated heterocycles. The van der Waals surface area contributed by atoms with Crippen molar-refractivity contribution in [2.75, 3.05) is 26.7 Å². The number of nitrogens with zero attached hydrogens (tertiary/aromatic N) is 3. The number of benzene rings is 1. The van der Waals surface area contributed by atoms with Crippen LogP contribution < -0.4 is 5.32 Å². The van der Waals surface area contributed by atoms with Crippen LogP contribution in [0.5, 0.6) is 0 Å². The SMILES string of the molecule is CNC(O)c1ccc(-c2nc3cc(Cl)ccn3c2C[C@H]2CN(C(C)=O)CCO2)c(C)c1. The Kier molecular flexibility index (Phi) is 6.29. The highest BCUT2D eigenvalue weighted by molar-refractivity contribution is 6.30. The van der Waals surface area contributed by atoms with E-state index in [0.717, 1.165) is 33.7 Å². The summed E-state index contributed by atoms with van der Waals surface area (Å²) in [7, 11) is 1.71. The summed E-state index contributed by atoms with van der Waals surface area (Å²) in [5, 5.41) is 13.6. The Morgan fingerprint density at radius 2 is 2.19 bits per heavy atom. The zero-order chi connectivity index (χ0) is 22.1. The molecule has 0 bridgehead atoms. The molecule has 1 aliphatic heterocycles. The van der Waals surface area contributed by atoms with Crippen LogP contribution in [0.3, 0.4) is 0 Å². The largest absolute Gasteiger partial charge is 0.374 e. The first-order valence-corrected chi connectivity index (χ1v) is 10.7. The fraction of sp³-hybridized carbons (Fsp3) is 0.391. The monoisotopic (exact) mass is 442 g/mol. The van der Waals surface area contributed by atoms with E-state index in [1.807, 2.05) is 52.8 Å². The third-order valence-corrected chi connectivity index (χ3v) is 6.02. The first kappa shape index (κ1) is 21.8. The summed E-state index contributed by atoms with van der Waals surface area (Å²) < 4.78 is 8.02. The van der Waals surface area contributed by atoms with Crippen LogP contribution >= 0.6 is 11.6 Å². The molecule has 3 heterocycles.